The van der Waals surface area contributed by atoms with Gasteiger partial charge in [-0.25, -0.2) is 14.8 Å². The minimum Gasteiger partial charge on any atom is -0.495 e. The van der Waals surface area contributed by atoms with Gasteiger partial charge >= 0.3 is 6.09 Å². The maximum absolute atomic E-state index is 11.8. The van der Waals surface area contributed by atoms with Gasteiger partial charge in [0.25, 0.3) is 0 Å². The van der Waals surface area contributed by atoms with Crippen LogP contribution in [0.25, 0.3) is 0 Å². The summed E-state index contributed by atoms with van der Waals surface area (Å²) in [5, 5.41) is 3.22. The number of benzene rings is 1. The molecule has 0 aliphatic carbocycles. The van der Waals surface area contributed by atoms with Crippen LogP contribution in [0.1, 0.15) is 5.56 Å². The van der Waals surface area contributed by atoms with Crippen molar-refractivity contribution < 1.29 is 14.3 Å². The number of nitrogens with zero attached hydrogens (tertiary/aromatic N) is 3. The number of carbonyl (C=O) groups is 1. The monoisotopic (exact) mass is 300 g/mol. The first kappa shape index (κ1) is 14.1. The Labute approximate surface area is 127 Å². The number of amides is 1. The molecule has 3 rings (SSSR count). The van der Waals surface area contributed by atoms with Crippen molar-refractivity contribution in [2.45, 2.75) is 6.92 Å². The Morgan fingerprint density at radius 3 is 2.95 bits per heavy atom. The van der Waals surface area contributed by atoms with E-state index in [4.69, 9.17) is 9.47 Å². The molecule has 1 amide bonds. The number of cyclic esters (lactones) is 1. The topological polar surface area (TPSA) is 76.6 Å². The Bertz CT molecular complexity index is 705. The van der Waals surface area contributed by atoms with Gasteiger partial charge in [0, 0.05) is 17.4 Å². The molecule has 1 fully saturated rings. The van der Waals surface area contributed by atoms with E-state index in [0.717, 1.165) is 17.1 Å². The minimum absolute atomic E-state index is 0.367. The number of aromatic nitrogens is 2. The summed E-state index contributed by atoms with van der Waals surface area (Å²) in [5.41, 5.74) is 2.40. The second kappa shape index (κ2) is 5.88. The lowest BCUT2D eigenvalue weighted by molar-refractivity contribution is 0.181. The SMILES string of the molecule is COc1ccc(Nc2ncncc2C)cc1N1CCOC1=O. The van der Waals surface area contributed by atoms with Crippen LogP contribution in [0.3, 0.4) is 0 Å². The van der Waals surface area contributed by atoms with Gasteiger partial charge in [-0.2, -0.15) is 0 Å². The molecule has 22 heavy (non-hydrogen) atoms. The first-order chi connectivity index (χ1) is 10.7. The molecule has 114 valence electrons. The maximum Gasteiger partial charge on any atom is 0.414 e. The largest absolute Gasteiger partial charge is 0.495 e. The van der Waals surface area contributed by atoms with Crippen LogP contribution in [-0.4, -0.2) is 36.3 Å². The fraction of sp³-hybridized carbons (Fsp3) is 0.267. The number of aryl methyl sites for hydroxylation is 1. The first-order valence-corrected chi connectivity index (χ1v) is 6.85. The molecule has 0 spiro atoms. The molecule has 0 radical (unpaired) electrons. The molecular weight excluding hydrogens is 284 g/mol. The summed E-state index contributed by atoms with van der Waals surface area (Å²) >= 11 is 0. The third kappa shape index (κ3) is 2.65. The first-order valence-electron chi connectivity index (χ1n) is 6.85. The Hall–Kier alpha value is -2.83. The van der Waals surface area contributed by atoms with E-state index in [1.807, 2.05) is 19.1 Å². The summed E-state index contributed by atoms with van der Waals surface area (Å²) in [6, 6.07) is 5.51. The van der Waals surface area contributed by atoms with Crippen molar-refractivity contribution in [2.24, 2.45) is 0 Å². The van der Waals surface area contributed by atoms with Crippen LogP contribution >= 0.6 is 0 Å². The lowest BCUT2D eigenvalue weighted by Gasteiger charge is -2.18. The molecule has 2 aromatic rings. The summed E-state index contributed by atoms with van der Waals surface area (Å²) in [4.78, 5) is 21.5. The minimum atomic E-state index is -0.367. The van der Waals surface area contributed by atoms with Gasteiger partial charge in [-0.3, -0.25) is 4.90 Å². The van der Waals surface area contributed by atoms with Gasteiger partial charge in [-0.15, -0.1) is 0 Å². The molecule has 0 bridgehead atoms. The molecule has 0 saturated carbocycles. The molecule has 1 aromatic heterocycles. The Balaban J connectivity index is 1.93. The fourth-order valence-corrected chi connectivity index (χ4v) is 2.26. The van der Waals surface area contributed by atoms with E-state index in [9.17, 15) is 4.79 Å². The normalized spacial score (nSPS) is 13.9. The second-order valence-electron chi connectivity index (χ2n) is 4.83. The van der Waals surface area contributed by atoms with Crippen LogP contribution in [-0.2, 0) is 4.74 Å². The van der Waals surface area contributed by atoms with E-state index in [-0.39, 0.29) is 6.09 Å². The van der Waals surface area contributed by atoms with E-state index in [2.05, 4.69) is 15.3 Å². The van der Waals surface area contributed by atoms with Gasteiger partial charge in [0.1, 0.15) is 24.5 Å². The molecule has 2 heterocycles. The predicted octanol–water partition coefficient (Wildman–Crippen LogP) is 2.49. The van der Waals surface area contributed by atoms with E-state index in [1.165, 1.54) is 6.33 Å². The van der Waals surface area contributed by atoms with Crippen LogP contribution in [0.2, 0.25) is 0 Å². The third-order valence-corrected chi connectivity index (χ3v) is 3.39. The quantitative estimate of drug-likeness (QED) is 0.935. The second-order valence-corrected chi connectivity index (χ2v) is 4.83. The molecule has 1 aliphatic rings. The molecule has 1 aliphatic heterocycles. The van der Waals surface area contributed by atoms with Crippen molar-refractivity contribution in [3.63, 3.8) is 0 Å². The zero-order valence-corrected chi connectivity index (χ0v) is 12.4. The van der Waals surface area contributed by atoms with Crippen LogP contribution in [0.4, 0.5) is 22.0 Å². The zero-order valence-electron chi connectivity index (χ0n) is 12.4. The summed E-state index contributed by atoms with van der Waals surface area (Å²) in [7, 11) is 1.57. The Morgan fingerprint density at radius 1 is 1.41 bits per heavy atom. The average Bonchev–Trinajstić information content (AvgIpc) is 2.95. The molecule has 1 saturated heterocycles. The number of ether oxygens (including phenoxy) is 2. The highest BCUT2D eigenvalue weighted by atomic mass is 16.6. The number of hydrogen-bond donors (Lipinski definition) is 1. The van der Waals surface area contributed by atoms with Crippen LogP contribution < -0.4 is 15.0 Å². The molecule has 7 nitrogen and oxygen atoms in total. The summed E-state index contributed by atoms with van der Waals surface area (Å²) in [5.74, 6) is 1.33. The van der Waals surface area contributed by atoms with Crippen molar-refractivity contribution in [2.75, 3.05) is 30.5 Å². The van der Waals surface area contributed by atoms with Gasteiger partial charge in [0.15, 0.2) is 0 Å². The Morgan fingerprint density at radius 2 is 2.27 bits per heavy atom. The fourth-order valence-electron chi connectivity index (χ4n) is 2.26. The van der Waals surface area contributed by atoms with Gasteiger partial charge < -0.3 is 14.8 Å². The standard InChI is InChI=1S/C15H16N4O3/c1-10-8-16-9-17-14(10)18-11-3-4-13(21-2)12(7-11)19-5-6-22-15(19)20/h3-4,7-9H,5-6H2,1-2H3,(H,16,17,18). The average molecular weight is 300 g/mol. The summed E-state index contributed by atoms with van der Waals surface area (Å²) in [6.07, 6.45) is 2.85. The van der Waals surface area contributed by atoms with Crippen LogP contribution in [0.15, 0.2) is 30.7 Å². The van der Waals surface area contributed by atoms with Gasteiger partial charge in [0.2, 0.25) is 0 Å². The third-order valence-electron chi connectivity index (χ3n) is 3.39. The van der Waals surface area contributed by atoms with Crippen molar-refractivity contribution >= 4 is 23.3 Å². The van der Waals surface area contributed by atoms with Crippen molar-refractivity contribution in [1.29, 1.82) is 0 Å². The molecule has 0 unspecified atom stereocenters. The lowest BCUT2D eigenvalue weighted by atomic mass is 10.2. The van der Waals surface area contributed by atoms with Crippen molar-refractivity contribution in [1.82, 2.24) is 9.97 Å². The zero-order chi connectivity index (χ0) is 15.5. The summed E-state index contributed by atoms with van der Waals surface area (Å²) in [6.45, 7) is 2.81. The highest BCUT2D eigenvalue weighted by molar-refractivity contribution is 5.92. The van der Waals surface area contributed by atoms with Crippen LogP contribution in [0, 0.1) is 6.92 Å². The maximum atomic E-state index is 11.8. The number of hydrogen-bond acceptors (Lipinski definition) is 6. The van der Waals surface area contributed by atoms with E-state index in [1.54, 1.807) is 24.3 Å². The number of methoxy groups -OCH3 is 1. The van der Waals surface area contributed by atoms with Gasteiger partial charge in [-0.1, -0.05) is 0 Å². The van der Waals surface area contributed by atoms with Crippen LogP contribution in [0.5, 0.6) is 5.75 Å². The van der Waals surface area contributed by atoms with Crippen molar-refractivity contribution in [3.8, 4) is 5.75 Å². The van der Waals surface area contributed by atoms with Crippen molar-refractivity contribution in [3.05, 3.63) is 36.3 Å². The molecule has 0 atom stereocenters. The van der Waals surface area contributed by atoms with Gasteiger partial charge in [-0.05, 0) is 25.1 Å². The van der Waals surface area contributed by atoms with E-state index in [0.29, 0.717) is 24.6 Å². The van der Waals surface area contributed by atoms with Gasteiger partial charge in [0.05, 0.1) is 19.3 Å². The molecular formula is C15H16N4O3. The lowest BCUT2D eigenvalue weighted by Crippen LogP contribution is -2.23. The highest BCUT2D eigenvalue weighted by Gasteiger charge is 2.26. The highest BCUT2D eigenvalue weighted by Crippen LogP contribution is 2.34. The van der Waals surface area contributed by atoms with E-state index < -0.39 is 0 Å². The molecule has 1 N–H and O–H groups in total. The molecule has 1 aromatic carbocycles. The number of carbonyl (C=O) groups excluding carboxylic acids is 1. The van der Waals surface area contributed by atoms with E-state index >= 15 is 0 Å². The molecule has 7 heteroatoms. The number of rotatable bonds is 4. The summed E-state index contributed by atoms with van der Waals surface area (Å²) < 4.78 is 10.3. The smallest absolute Gasteiger partial charge is 0.414 e. The number of anilines is 3. The predicted molar refractivity (Wildman–Crippen MR) is 81.7 cm³/mol. The Kier molecular flexibility index (Phi) is 3.78. The number of nitrogens with one attached hydrogen (secondary N) is 1.